The molecule has 1 atom stereocenters. The Kier molecular flexibility index (Phi) is 7.74. The van der Waals surface area contributed by atoms with Crippen LogP contribution in [-0.2, 0) is 16.1 Å². The molecule has 204 valence electrons. The summed E-state index contributed by atoms with van der Waals surface area (Å²) in [5.74, 6) is 1.03. The lowest BCUT2D eigenvalue weighted by Gasteiger charge is -2.36. The highest BCUT2D eigenvalue weighted by atomic mass is 16.5. The number of aromatic amines is 1. The number of hydrogen-bond donors (Lipinski definition) is 1. The van der Waals surface area contributed by atoms with Crippen LogP contribution in [0.25, 0.3) is 10.9 Å². The topological polar surface area (TPSA) is 115 Å². The van der Waals surface area contributed by atoms with E-state index >= 15 is 0 Å². The molecule has 10 heteroatoms. The van der Waals surface area contributed by atoms with Gasteiger partial charge in [0, 0.05) is 24.0 Å². The number of tetrazole rings is 1. The standard InChI is InChI=1S/C29H34N6O4/c1-5-39-29(37)21-12-14-34(15-13-21)26(24-16-23-18(2)6-7-19(3)25(23)30-28(24)36)27-31-32-33-35(27)17-20-8-10-22(38-4)11-9-20/h6-11,16,21,26H,5,12-15,17H2,1-4H3,(H,30,36)/t26-/m0/s1. The minimum absolute atomic E-state index is 0.156. The number of fused-ring (bicyclic) bond motifs is 1. The first-order chi connectivity index (χ1) is 18.9. The Labute approximate surface area is 226 Å². The van der Waals surface area contributed by atoms with Gasteiger partial charge in [-0.15, -0.1) is 5.10 Å². The molecule has 1 aliphatic heterocycles. The van der Waals surface area contributed by atoms with E-state index in [1.54, 1.807) is 11.8 Å². The SMILES string of the molecule is CCOC(=O)C1CCN([C@@H](c2cc3c(C)ccc(C)c3[nH]c2=O)c2nnnn2Cc2ccc(OC)cc2)CC1. The zero-order chi connectivity index (χ0) is 27.5. The van der Waals surface area contributed by atoms with Gasteiger partial charge in [-0.25, -0.2) is 4.68 Å². The zero-order valence-electron chi connectivity index (χ0n) is 22.8. The van der Waals surface area contributed by atoms with Gasteiger partial charge in [0.1, 0.15) is 11.8 Å². The highest BCUT2D eigenvalue weighted by Crippen LogP contribution is 2.32. The van der Waals surface area contributed by atoms with Crippen molar-refractivity contribution < 1.29 is 14.3 Å². The Balaban J connectivity index is 1.56. The first-order valence-corrected chi connectivity index (χ1v) is 13.3. The first-order valence-electron chi connectivity index (χ1n) is 13.3. The summed E-state index contributed by atoms with van der Waals surface area (Å²) in [6, 6.07) is 13.3. The summed E-state index contributed by atoms with van der Waals surface area (Å²) in [7, 11) is 1.63. The Hall–Kier alpha value is -4.05. The average Bonchev–Trinajstić information content (AvgIpc) is 3.40. The third kappa shape index (κ3) is 5.42. The van der Waals surface area contributed by atoms with Gasteiger partial charge in [0.2, 0.25) is 0 Å². The molecule has 4 aromatic rings. The van der Waals surface area contributed by atoms with Crippen LogP contribution in [0, 0.1) is 19.8 Å². The Morgan fingerprint density at radius 1 is 1.10 bits per heavy atom. The van der Waals surface area contributed by atoms with Gasteiger partial charge in [0.15, 0.2) is 5.82 Å². The van der Waals surface area contributed by atoms with Crippen molar-refractivity contribution in [1.29, 1.82) is 0 Å². The number of H-pyrrole nitrogens is 1. The fraction of sp³-hybridized carbons (Fsp3) is 0.414. The summed E-state index contributed by atoms with van der Waals surface area (Å²) >= 11 is 0. The van der Waals surface area contributed by atoms with Crippen molar-refractivity contribution in [2.24, 2.45) is 5.92 Å². The van der Waals surface area contributed by atoms with Crippen LogP contribution in [0.15, 0.2) is 47.3 Å². The Morgan fingerprint density at radius 3 is 2.51 bits per heavy atom. The minimum Gasteiger partial charge on any atom is -0.497 e. The largest absolute Gasteiger partial charge is 0.497 e. The van der Waals surface area contributed by atoms with Crippen LogP contribution >= 0.6 is 0 Å². The quantitative estimate of drug-likeness (QED) is 0.344. The van der Waals surface area contributed by atoms with Crippen molar-refractivity contribution >= 4 is 16.9 Å². The molecular weight excluding hydrogens is 496 g/mol. The number of piperidine rings is 1. The van der Waals surface area contributed by atoms with Crippen LogP contribution in [0.4, 0.5) is 0 Å². The number of hydrogen-bond acceptors (Lipinski definition) is 8. The highest BCUT2D eigenvalue weighted by Gasteiger charge is 2.35. The number of aryl methyl sites for hydroxylation is 2. The predicted octanol–water partition coefficient (Wildman–Crippen LogP) is 3.55. The number of methoxy groups -OCH3 is 1. The molecule has 0 aliphatic carbocycles. The number of benzene rings is 2. The van der Waals surface area contributed by atoms with E-state index in [1.165, 1.54) is 0 Å². The normalized spacial score (nSPS) is 15.4. The van der Waals surface area contributed by atoms with E-state index in [1.807, 2.05) is 57.2 Å². The first kappa shape index (κ1) is 26.6. The van der Waals surface area contributed by atoms with Gasteiger partial charge in [-0.2, -0.15) is 0 Å². The van der Waals surface area contributed by atoms with Gasteiger partial charge in [0.25, 0.3) is 5.56 Å². The lowest BCUT2D eigenvalue weighted by Crippen LogP contribution is -2.42. The van der Waals surface area contributed by atoms with Crippen LogP contribution in [0.5, 0.6) is 5.75 Å². The van der Waals surface area contributed by atoms with Crippen molar-refractivity contribution in [3.63, 3.8) is 0 Å². The second-order valence-corrected chi connectivity index (χ2v) is 10.0. The van der Waals surface area contributed by atoms with Crippen molar-refractivity contribution in [1.82, 2.24) is 30.1 Å². The summed E-state index contributed by atoms with van der Waals surface area (Å²) in [6.45, 7) is 7.86. The summed E-state index contributed by atoms with van der Waals surface area (Å²) < 4.78 is 12.3. The van der Waals surface area contributed by atoms with Crippen LogP contribution in [0.1, 0.15) is 53.9 Å². The maximum atomic E-state index is 13.6. The molecule has 3 heterocycles. The van der Waals surface area contributed by atoms with Crippen molar-refractivity contribution in [3.05, 3.63) is 80.9 Å². The minimum atomic E-state index is -0.491. The molecule has 0 unspecified atom stereocenters. The van der Waals surface area contributed by atoms with E-state index in [-0.39, 0.29) is 17.4 Å². The maximum Gasteiger partial charge on any atom is 0.309 e. The molecule has 2 aromatic heterocycles. The molecule has 39 heavy (non-hydrogen) atoms. The molecule has 0 amide bonds. The number of nitrogens with zero attached hydrogens (tertiary/aromatic N) is 5. The molecule has 0 bridgehead atoms. The average molecular weight is 531 g/mol. The lowest BCUT2D eigenvalue weighted by atomic mass is 9.93. The molecular formula is C29H34N6O4. The number of likely N-dealkylation sites (tertiary alicyclic amines) is 1. The molecule has 1 saturated heterocycles. The molecule has 0 saturated carbocycles. The van der Waals surface area contributed by atoms with E-state index in [4.69, 9.17) is 9.47 Å². The van der Waals surface area contributed by atoms with Gasteiger partial charge in [-0.1, -0.05) is 24.3 Å². The van der Waals surface area contributed by atoms with Crippen molar-refractivity contribution in [2.45, 2.75) is 46.2 Å². The Bertz CT molecular complexity index is 1520. The fourth-order valence-corrected chi connectivity index (χ4v) is 5.37. The maximum absolute atomic E-state index is 13.6. The van der Waals surface area contributed by atoms with Gasteiger partial charge in [0.05, 0.1) is 31.7 Å². The van der Waals surface area contributed by atoms with Gasteiger partial charge in [-0.05, 0) is 78.9 Å². The molecule has 10 nitrogen and oxygen atoms in total. The van der Waals surface area contributed by atoms with Crippen LogP contribution in [0.2, 0.25) is 0 Å². The zero-order valence-corrected chi connectivity index (χ0v) is 22.8. The third-order valence-corrected chi connectivity index (χ3v) is 7.58. The number of carbonyl (C=O) groups excluding carboxylic acids is 1. The van der Waals surface area contributed by atoms with Crippen molar-refractivity contribution in [2.75, 3.05) is 26.8 Å². The molecule has 5 rings (SSSR count). The van der Waals surface area contributed by atoms with E-state index in [0.29, 0.717) is 50.5 Å². The summed E-state index contributed by atoms with van der Waals surface area (Å²) in [4.78, 5) is 31.4. The van der Waals surface area contributed by atoms with Gasteiger partial charge >= 0.3 is 5.97 Å². The molecule has 0 radical (unpaired) electrons. The summed E-state index contributed by atoms with van der Waals surface area (Å²) in [5, 5.41) is 13.7. The van der Waals surface area contributed by atoms with Crippen LogP contribution < -0.4 is 10.3 Å². The van der Waals surface area contributed by atoms with Gasteiger partial charge < -0.3 is 14.5 Å². The number of rotatable bonds is 8. The molecule has 1 aliphatic rings. The Morgan fingerprint density at radius 2 is 1.82 bits per heavy atom. The van der Waals surface area contributed by atoms with Crippen molar-refractivity contribution in [3.8, 4) is 5.75 Å². The second-order valence-electron chi connectivity index (χ2n) is 10.0. The van der Waals surface area contributed by atoms with Crippen LogP contribution in [-0.4, -0.2) is 62.9 Å². The summed E-state index contributed by atoms with van der Waals surface area (Å²) in [5.41, 5.74) is 4.33. The second kappa shape index (κ2) is 11.4. The summed E-state index contributed by atoms with van der Waals surface area (Å²) in [6.07, 6.45) is 1.28. The van der Waals surface area contributed by atoms with E-state index in [2.05, 4.69) is 31.5 Å². The number of aromatic nitrogens is 5. The number of nitrogens with one attached hydrogen (secondary N) is 1. The van der Waals surface area contributed by atoms with Crippen LogP contribution in [0.3, 0.4) is 0 Å². The lowest BCUT2D eigenvalue weighted by molar-refractivity contribution is -0.149. The fourth-order valence-electron chi connectivity index (χ4n) is 5.37. The van der Waals surface area contributed by atoms with E-state index in [0.717, 1.165) is 33.3 Å². The van der Waals surface area contributed by atoms with Gasteiger partial charge in [-0.3, -0.25) is 14.5 Å². The van der Waals surface area contributed by atoms with E-state index in [9.17, 15) is 9.59 Å². The number of ether oxygens (including phenoxy) is 2. The van der Waals surface area contributed by atoms with E-state index < -0.39 is 6.04 Å². The third-order valence-electron chi connectivity index (χ3n) is 7.58. The smallest absolute Gasteiger partial charge is 0.309 e. The highest BCUT2D eigenvalue weighted by molar-refractivity contribution is 5.85. The number of esters is 1. The monoisotopic (exact) mass is 530 g/mol. The predicted molar refractivity (Wildman–Crippen MR) is 147 cm³/mol. The molecule has 0 spiro atoms. The number of carbonyl (C=O) groups is 1. The number of pyridine rings is 1. The molecule has 2 aromatic carbocycles. The molecule has 1 fully saturated rings. The molecule has 1 N–H and O–H groups in total.